The van der Waals surface area contributed by atoms with Crippen LogP contribution in [-0.4, -0.2) is 38.1 Å². The number of carbonyl (C=O) groups is 2. The highest BCUT2D eigenvalue weighted by molar-refractivity contribution is 5.94. The van der Waals surface area contributed by atoms with Crippen LogP contribution in [0.1, 0.15) is 17.3 Å². The zero-order chi connectivity index (χ0) is 14.5. The molecule has 7 nitrogen and oxygen atoms in total. The maximum atomic E-state index is 11.8. The SMILES string of the molecule is CC(CNC(=O)c1ccc(-n2ccnc2)nc1)C(=O)O. The van der Waals surface area contributed by atoms with Crippen LogP contribution in [0.15, 0.2) is 37.1 Å². The molecule has 2 aromatic rings. The van der Waals surface area contributed by atoms with E-state index in [9.17, 15) is 9.59 Å². The van der Waals surface area contributed by atoms with Gasteiger partial charge in [0.15, 0.2) is 0 Å². The summed E-state index contributed by atoms with van der Waals surface area (Å²) in [5, 5.41) is 11.3. The first kappa shape index (κ1) is 13.7. The van der Waals surface area contributed by atoms with Gasteiger partial charge >= 0.3 is 5.97 Å². The summed E-state index contributed by atoms with van der Waals surface area (Å²) in [5.74, 6) is -1.27. The van der Waals surface area contributed by atoms with Gasteiger partial charge in [0.1, 0.15) is 12.1 Å². The molecule has 0 aliphatic carbocycles. The molecule has 2 aromatic heterocycles. The zero-order valence-electron chi connectivity index (χ0n) is 10.9. The molecule has 2 rings (SSSR count). The fourth-order valence-corrected chi connectivity index (χ4v) is 1.50. The number of carboxylic acid groups (broad SMARTS) is 1. The van der Waals surface area contributed by atoms with Gasteiger partial charge in [-0.15, -0.1) is 0 Å². The number of rotatable bonds is 5. The van der Waals surface area contributed by atoms with Gasteiger partial charge in [-0.05, 0) is 12.1 Å². The Balaban J connectivity index is 1.99. The maximum Gasteiger partial charge on any atom is 0.308 e. The van der Waals surface area contributed by atoms with Crippen molar-refractivity contribution in [1.29, 1.82) is 0 Å². The molecule has 0 aliphatic heterocycles. The van der Waals surface area contributed by atoms with E-state index in [0.717, 1.165) is 0 Å². The van der Waals surface area contributed by atoms with Crippen molar-refractivity contribution in [3.8, 4) is 5.82 Å². The van der Waals surface area contributed by atoms with Crippen LogP contribution >= 0.6 is 0 Å². The molecule has 1 amide bonds. The van der Waals surface area contributed by atoms with Gasteiger partial charge in [0.25, 0.3) is 5.91 Å². The summed E-state index contributed by atoms with van der Waals surface area (Å²) in [6, 6.07) is 3.32. The Morgan fingerprint density at radius 3 is 2.80 bits per heavy atom. The van der Waals surface area contributed by atoms with Gasteiger partial charge in [0, 0.05) is 25.1 Å². The van der Waals surface area contributed by atoms with E-state index in [4.69, 9.17) is 5.11 Å². The number of hydrogen-bond acceptors (Lipinski definition) is 4. The summed E-state index contributed by atoms with van der Waals surface area (Å²) in [5.41, 5.74) is 0.381. The van der Waals surface area contributed by atoms with Crippen molar-refractivity contribution in [2.24, 2.45) is 5.92 Å². The summed E-state index contributed by atoms with van der Waals surface area (Å²) < 4.78 is 1.72. The molecule has 0 saturated carbocycles. The van der Waals surface area contributed by atoms with E-state index in [1.807, 2.05) is 0 Å². The zero-order valence-corrected chi connectivity index (χ0v) is 10.9. The molecule has 1 atom stereocenters. The number of hydrogen-bond donors (Lipinski definition) is 2. The van der Waals surface area contributed by atoms with E-state index in [2.05, 4.69) is 15.3 Å². The van der Waals surface area contributed by atoms with Crippen molar-refractivity contribution in [2.45, 2.75) is 6.92 Å². The largest absolute Gasteiger partial charge is 0.481 e. The third kappa shape index (κ3) is 3.19. The summed E-state index contributed by atoms with van der Waals surface area (Å²) in [7, 11) is 0. The summed E-state index contributed by atoms with van der Waals surface area (Å²) in [6.07, 6.45) is 6.43. The standard InChI is InChI=1S/C13H14N4O3/c1-9(13(19)20)6-16-12(18)10-2-3-11(15-7-10)17-5-4-14-8-17/h2-5,7-9H,6H2,1H3,(H,16,18)(H,19,20). The topological polar surface area (TPSA) is 97.1 Å². The van der Waals surface area contributed by atoms with Crippen molar-refractivity contribution in [1.82, 2.24) is 19.9 Å². The number of nitrogens with zero attached hydrogens (tertiary/aromatic N) is 3. The molecule has 2 N–H and O–H groups in total. The molecule has 0 aliphatic rings. The minimum Gasteiger partial charge on any atom is -0.481 e. The summed E-state index contributed by atoms with van der Waals surface area (Å²) >= 11 is 0. The molecule has 0 aromatic carbocycles. The molecule has 1 unspecified atom stereocenters. The lowest BCUT2D eigenvalue weighted by atomic mass is 10.2. The lowest BCUT2D eigenvalue weighted by Gasteiger charge is -2.08. The van der Waals surface area contributed by atoms with Gasteiger partial charge in [-0.25, -0.2) is 9.97 Å². The number of amides is 1. The van der Waals surface area contributed by atoms with Crippen LogP contribution < -0.4 is 5.32 Å². The Bertz CT molecular complexity index is 593. The number of carboxylic acids is 1. The maximum absolute atomic E-state index is 11.8. The molecule has 20 heavy (non-hydrogen) atoms. The Morgan fingerprint density at radius 1 is 1.45 bits per heavy atom. The van der Waals surface area contributed by atoms with Crippen LogP contribution in [0.2, 0.25) is 0 Å². The highest BCUT2D eigenvalue weighted by Gasteiger charge is 2.13. The summed E-state index contributed by atoms with van der Waals surface area (Å²) in [4.78, 5) is 30.5. The van der Waals surface area contributed by atoms with E-state index >= 15 is 0 Å². The van der Waals surface area contributed by atoms with Crippen LogP contribution in [-0.2, 0) is 4.79 Å². The number of carbonyl (C=O) groups excluding carboxylic acids is 1. The quantitative estimate of drug-likeness (QED) is 0.837. The average molecular weight is 274 g/mol. The van der Waals surface area contributed by atoms with Gasteiger partial charge in [-0.1, -0.05) is 6.92 Å². The Morgan fingerprint density at radius 2 is 2.25 bits per heavy atom. The van der Waals surface area contributed by atoms with E-state index in [1.165, 1.54) is 13.1 Å². The minimum atomic E-state index is -0.945. The van der Waals surface area contributed by atoms with Crippen molar-refractivity contribution in [3.63, 3.8) is 0 Å². The predicted molar refractivity (Wildman–Crippen MR) is 70.5 cm³/mol. The van der Waals surface area contributed by atoms with Crippen LogP contribution in [0, 0.1) is 5.92 Å². The molecule has 7 heteroatoms. The van der Waals surface area contributed by atoms with Gasteiger partial charge in [0.2, 0.25) is 0 Å². The molecule has 0 bridgehead atoms. The average Bonchev–Trinajstić information content (AvgIpc) is 2.98. The highest BCUT2D eigenvalue weighted by Crippen LogP contribution is 2.05. The molecule has 0 fully saturated rings. The Labute approximate surface area is 115 Å². The lowest BCUT2D eigenvalue weighted by Crippen LogP contribution is -2.31. The van der Waals surface area contributed by atoms with Crippen molar-refractivity contribution >= 4 is 11.9 Å². The number of aromatic nitrogens is 3. The Kier molecular flexibility index (Phi) is 4.09. The first-order valence-electron chi connectivity index (χ1n) is 6.03. The second kappa shape index (κ2) is 5.96. The molecule has 0 saturated heterocycles. The van der Waals surface area contributed by atoms with Gasteiger partial charge in [-0.2, -0.15) is 0 Å². The molecule has 0 radical (unpaired) electrons. The van der Waals surface area contributed by atoms with Crippen LogP contribution in [0.25, 0.3) is 5.82 Å². The number of imidazole rings is 1. The number of aliphatic carboxylic acids is 1. The van der Waals surface area contributed by atoms with Crippen LogP contribution in [0.4, 0.5) is 0 Å². The summed E-state index contributed by atoms with van der Waals surface area (Å²) in [6.45, 7) is 1.61. The molecular weight excluding hydrogens is 260 g/mol. The smallest absolute Gasteiger partial charge is 0.308 e. The highest BCUT2D eigenvalue weighted by atomic mass is 16.4. The third-order valence-electron chi connectivity index (χ3n) is 2.77. The van der Waals surface area contributed by atoms with Crippen LogP contribution in [0.3, 0.4) is 0 Å². The van der Waals surface area contributed by atoms with Gasteiger partial charge in [-0.3, -0.25) is 14.2 Å². The minimum absolute atomic E-state index is 0.0808. The first-order chi connectivity index (χ1) is 9.58. The van der Waals surface area contributed by atoms with Crippen LogP contribution in [0.5, 0.6) is 0 Å². The first-order valence-corrected chi connectivity index (χ1v) is 6.03. The number of nitrogens with one attached hydrogen (secondary N) is 1. The lowest BCUT2D eigenvalue weighted by molar-refractivity contribution is -0.140. The number of pyridine rings is 1. The molecular formula is C13H14N4O3. The van der Waals surface area contributed by atoms with E-state index < -0.39 is 11.9 Å². The fraction of sp³-hybridized carbons (Fsp3) is 0.231. The van der Waals surface area contributed by atoms with E-state index in [-0.39, 0.29) is 12.5 Å². The van der Waals surface area contributed by atoms with Crippen molar-refractivity contribution < 1.29 is 14.7 Å². The second-order valence-electron chi connectivity index (χ2n) is 4.32. The predicted octanol–water partition coefficient (Wildman–Crippen LogP) is 0.718. The molecule has 104 valence electrons. The molecule has 2 heterocycles. The normalized spacial score (nSPS) is 11.8. The molecule has 0 spiro atoms. The Hall–Kier alpha value is -2.70. The van der Waals surface area contributed by atoms with E-state index in [1.54, 1.807) is 35.4 Å². The second-order valence-corrected chi connectivity index (χ2v) is 4.32. The van der Waals surface area contributed by atoms with E-state index in [0.29, 0.717) is 11.4 Å². The third-order valence-corrected chi connectivity index (χ3v) is 2.77. The monoisotopic (exact) mass is 274 g/mol. The van der Waals surface area contributed by atoms with Gasteiger partial charge < -0.3 is 10.4 Å². The fourth-order valence-electron chi connectivity index (χ4n) is 1.50. The van der Waals surface area contributed by atoms with Gasteiger partial charge in [0.05, 0.1) is 11.5 Å². The van der Waals surface area contributed by atoms with Crippen molar-refractivity contribution in [2.75, 3.05) is 6.54 Å². The van der Waals surface area contributed by atoms with Crippen molar-refractivity contribution in [3.05, 3.63) is 42.6 Å².